The quantitative estimate of drug-likeness (QED) is 0.805. The summed E-state index contributed by atoms with van der Waals surface area (Å²) >= 11 is 3.56. The molecule has 0 heterocycles. The number of benzene rings is 1. The molecule has 0 aromatic heterocycles. The third kappa shape index (κ3) is 5.51. The molecule has 3 heteroatoms. The topological polar surface area (TPSA) is 32.3 Å². The Morgan fingerprint density at radius 1 is 1.33 bits per heavy atom. The molecule has 0 spiro atoms. The van der Waals surface area contributed by atoms with Crippen molar-refractivity contribution in [3.63, 3.8) is 0 Å². The number of nitrogens with one attached hydrogen (secondary N) is 1. The van der Waals surface area contributed by atoms with Crippen LogP contribution in [-0.2, 0) is 6.54 Å². The van der Waals surface area contributed by atoms with Crippen molar-refractivity contribution in [1.29, 1.82) is 0 Å². The third-order valence-corrected chi connectivity index (χ3v) is 4.03. The molecule has 1 rings (SSSR count). The van der Waals surface area contributed by atoms with Crippen molar-refractivity contribution in [3.8, 4) is 0 Å². The van der Waals surface area contributed by atoms with E-state index in [1.165, 1.54) is 15.6 Å². The predicted octanol–water partition coefficient (Wildman–Crippen LogP) is 3.65. The van der Waals surface area contributed by atoms with Crippen molar-refractivity contribution in [2.24, 2.45) is 5.41 Å². The molecule has 0 saturated carbocycles. The zero-order chi connectivity index (χ0) is 13.6. The fourth-order valence-electron chi connectivity index (χ4n) is 1.94. The van der Waals surface area contributed by atoms with Gasteiger partial charge in [-0.3, -0.25) is 0 Å². The Morgan fingerprint density at radius 2 is 2.06 bits per heavy atom. The normalized spacial score (nSPS) is 11.8. The third-order valence-electron chi connectivity index (χ3n) is 3.18. The Kier molecular flexibility index (Phi) is 6.33. The summed E-state index contributed by atoms with van der Waals surface area (Å²) in [6.07, 6.45) is 1.93. The number of hydrogen-bond acceptors (Lipinski definition) is 2. The Morgan fingerprint density at radius 3 is 2.67 bits per heavy atom. The lowest BCUT2D eigenvalue weighted by Gasteiger charge is -2.24. The summed E-state index contributed by atoms with van der Waals surface area (Å²) in [4.78, 5) is 0. The second kappa shape index (κ2) is 7.27. The number of aliphatic hydroxyl groups is 1. The van der Waals surface area contributed by atoms with Crippen LogP contribution in [-0.4, -0.2) is 18.3 Å². The minimum atomic E-state index is 0.241. The van der Waals surface area contributed by atoms with E-state index in [1.54, 1.807) is 0 Å². The van der Waals surface area contributed by atoms with E-state index < -0.39 is 0 Å². The van der Waals surface area contributed by atoms with Crippen LogP contribution >= 0.6 is 15.9 Å². The monoisotopic (exact) mass is 313 g/mol. The molecule has 18 heavy (non-hydrogen) atoms. The van der Waals surface area contributed by atoms with E-state index in [-0.39, 0.29) is 12.0 Å². The van der Waals surface area contributed by atoms with Gasteiger partial charge in [0.05, 0.1) is 0 Å². The van der Waals surface area contributed by atoms with Crippen molar-refractivity contribution >= 4 is 15.9 Å². The molecule has 2 nitrogen and oxygen atoms in total. The number of hydrogen-bond donors (Lipinski definition) is 2. The van der Waals surface area contributed by atoms with Crippen molar-refractivity contribution in [2.45, 2.75) is 40.2 Å². The van der Waals surface area contributed by atoms with Crippen LogP contribution in [0.1, 0.15) is 37.8 Å². The van der Waals surface area contributed by atoms with Crippen LogP contribution in [0.25, 0.3) is 0 Å². The van der Waals surface area contributed by atoms with Gasteiger partial charge in [0.1, 0.15) is 0 Å². The highest BCUT2D eigenvalue weighted by molar-refractivity contribution is 9.10. The molecule has 0 aliphatic heterocycles. The fraction of sp³-hybridized carbons (Fsp3) is 0.600. The van der Waals surface area contributed by atoms with Crippen molar-refractivity contribution in [2.75, 3.05) is 13.2 Å². The van der Waals surface area contributed by atoms with Gasteiger partial charge in [-0.1, -0.05) is 41.9 Å². The maximum atomic E-state index is 8.86. The van der Waals surface area contributed by atoms with Gasteiger partial charge in [-0.05, 0) is 42.4 Å². The average molecular weight is 314 g/mol. The van der Waals surface area contributed by atoms with Gasteiger partial charge in [-0.15, -0.1) is 0 Å². The Balaban J connectivity index is 2.39. The highest BCUT2D eigenvalue weighted by Crippen LogP contribution is 2.21. The van der Waals surface area contributed by atoms with Crippen LogP contribution < -0.4 is 5.32 Å². The number of aryl methyl sites for hydroxylation is 1. The van der Waals surface area contributed by atoms with Gasteiger partial charge >= 0.3 is 0 Å². The molecule has 0 amide bonds. The summed E-state index contributed by atoms with van der Waals surface area (Å²) in [6, 6.07) is 6.47. The van der Waals surface area contributed by atoms with Gasteiger partial charge < -0.3 is 10.4 Å². The molecule has 0 bridgehead atoms. The van der Waals surface area contributed by atoms with Crippen LogP contribution in [0.2, 0.25) is 0 Å². The van der Waals surface area contributed by atoms with E-state index in [1.807, 2.05) is 0 Å². The molecular weight excluding hydrogens is 290 g/mol. The number of aliphatic hydroxyl groups excluding tert-OH is 1. The first kappa shape index (κ1) is 15.7. The first-order chi connectivity index (χ1) is 8.44. The number of rotatable bonds is 7. The van der Waals surface area contributed by atoms with E-state index in [9.17, 15) is 0 Å². The van der Waals surface area contributed by atoms with E-state index in [0.29, 0.717) is 0 Å². The minimum Gasteiger partial charge on any atom is -0.396 e. The summed E-state index contributed by atoms with van der Waals surface area (Å²) in [7, 11) is 0. The van der Waals surface area contributed by atoms with Crippen LogP contribution in [0.5, 0.6) is 0 Å². The lowest BCUT2D eigenvalue weighted by atomic mass is 9.88. The zero-order valence-corrected chi connectivity index (χ0v) is 13.2. The zero-order valence-electron chi connectivity index (χ0n) is 11.6. The molecule has 0 radical (unpaired) electrons. The average Bonchev–Trinajstić information content (AvgIpc) is 2.31. The molecular formula is C15H24BrNO. The summed E-state index contributed by atoms with van der Waals surface area (Å²) in [5.41, 5.74) is 2.80. The maximum Gasteiger partial charge on any atom is 0.0431 e. The van der Waals surface area contributed by atoms with Gasteiger partial charge in [0.2, 0.25) is 0 Å². The fourth-order valence-corrected chi connectivity index (χ4v) is 2.36. The molecule has 0 aliphatic rings. The molecule has 102 valence electrons. The number of halogens is 1. The summed E-state index contributed by atoms with van der Waals surface area (Å²) in [5.74, 6) is 0. The Bertz CT molecular complexity index is 377. The van der Waals surface area contributed by atoms with Crippen LogP contribution in [0, 0.1) is 12.3 Å². The molecule has 0 unspecified atom stereocenters. The van der Waals surface area contributed by atoms with Crippen molar-refractivity contribution in [3.05, 3.63) is 33.8 Å². The van der Waals surface area contributed by atoms with Gasteiger partial charge in [-0.25, -0.2) is 0 Å². The van der Waals surface area contributed by atoms with Crippen LogP contribution in [0.4, 0.5) is 0 Å². The van der Waals surface area contributed by atoms with Crippen LogP contribution in [0.15, 0.2) is 22.7 Å². The Labute approximate surface area is 119 Å². The molecule has 0 aliphatic carbocycles. The van der Waals surface area contributed by atoms with E-state index in [2.05, 4.69) is 60.2 Å². The van der Waals surface area contributed by atoms with Gasteiger partial charge in [0.15, 0.2) is 0 Å². The predicted molar refractivity (Wildman–Crippen MR) is 80.7 cm³/mol. The maximum absolute atomic E-state index is 8.86. The van der Waals surface area contributed by atoms with E-state index >= 15 is 0 Å². The van der Waals surface area contributed by atoms with Crippen LogP contribution in [0.3, 0.4) is 0 Å². The second-order valence-electron chi connectivity index (χ2n) is 5.68. The van der Waals surface area contributed by atoms with Gasteiger partial charge in [0.25, 0.3) is 0 Å². The van der Waals surface area contributed by atoms with Gasteiger partial charge in [0, 0.05) is 24.2 Å². The summed E-state index contributed by atoms with van der Waals surface area (Å²) in [6.45, 7) is 8.72. The largest absolute Gasteiger partial charge is 0.396 e. The first-order valence-corrected chi connectivity index (χ1v) is 7.30. The van der Waals surface area contributed by atoms with E-state index in [0.717, 1.165) is 25.9 Å². The highest BCUT2D eigenvalue weighted by atomic mass is 79.9. The summed E-state index contributed by atoms with van der Waals surface area (Å²) < 4.78 is 1.17. The second-order valence-corrected chi connectivity index (χ2v) is 6.53. The molecule has 2 N–H and O–H groups in total. The highest BCUT2D eigenvalue weighted by Gasteiger charge is 2.16. The van der Waals surface area contributed by atoms with E-state index in [4.69, 9.17) is 5.11 Å². The molecule has 1 aromatic rings. The lowest BCUT2D eigenvalue weighted by Crippen LogP contribution is -2.29. The minimum absolute atomic E-state index is 0.241. The lowest BCUT2D eigenvalue weighted by molar-refractivity contribution is 0.236. The van der Waals surface area contributed by atoms with Gasteiger partial charge in [-0.2, -0.15) is 0 Å². The summed E-state index contributed by atoms with van der Waals surface area (Å²) in [5, 5.41) is 12.4. The van der Waals surface area contributed by atoms with Crippen molar-refractivity contribution in [1.82, 2.24) is 5.32 Å². The molecule has 0 saturated heterocycles. The first-order valence-electron chi connectivity index (χ1n) is 6.51. The molecule has 1 aromatic carbocycles. The SMILES string of the molecule is Cc1ccc(CNCC(C)(C)CCCO)cc1Br. The standard InChI is InChI=1S/C15H24BrNO/c1-12-5-6-13(9-14(12)16)10-17-11-15(2,3)7-4-8-18/h5-6,9,17-18H,4,7-8,10-11H2,1-3H3. The Hall–Kier alpha value is -0.380. The van der Waals surface area contributed by atoms with Crippen molar-refractivity contribution < 1.29 is 5.11 Å². The smallest absolute Gasteiger partial charge is 0.0431 e. The molecule has 0 atom stereocenters. The molecule has 0 fully saturated rings.